The lowest BCUT2D eigenvalue weighted by atomic mass is 10.6. The van der Waals surface area contributed by atoms with Gasteiger partial charge in [-0.1, -0.05) is 0 Å². The van der Waals surface area contributed by atoms with E-state index in [9.17, 15) is 0 Å². The van der Waals surface area contributed by atoms with Gasteiger partial charge in [0.15, 0.2) is 0 Å². The maximum atomic E-state index is 4.30. The fourth-order valence-electron chi connectivity index (χ4n) is 0. The molecule has 1 radical (unpaired) electrons. The highest BCUT2D eigenvalue weighted by Gasteiger charge is 1.61. The van der Waals surface area contributed by atoms with Crippen molar-refractivity contribution in [3.8, 4) is 0 Å². The molecule has 0 aliphatic heterocycles. The zero-order valence-electron chi connectivity index (χ0n) is 2.14. The molecule has 0 aliphatic carbocycles. The fraction of sp³-hybridized carbons (Fsp3) is 0. The van der Waals surface area contributed by atoms with Gasteiger partial charge in [0.05, 0.1) is 0 Å². The minimum atomic E-state index is 1.50. The maximum Gasteiger partial charge on any atom is 0.323 e. The van der Waals surface area contributed by atoms with E-state index in [1.807, 2.05) is 0 Å². The molecule has 0 spiro atoms. The maximum absolute atomic E-state index is 4.30. The molecule has 0 bridgehead atoms. The van der Waals surface area contributed by atoms with Crippen molar-refractivity contribution < 1.29 is 4.44 Å². The molecule has 0 aliphatic rings. The Labute approximate surface area is 31.2 Å². The normalized spacial score (nSPS) is 6.50. The van der Waals surface area contributed by atoms with Crippen molar-refractivity contribution in [2.45, 2.75) is 0 Å². The first-order valence-corrected chi connectivity index (χ1v) is 1.94. The second-order valence-corrected chi connectivity index (χ2v) is 0.816. The van der Waals surface area contributed by atoms with Crippen LogP contribution >= 0.6 is 18.6 Å². The van der Waals surface area contributed by atoms with Gasteiger partial charge in [-0.3, -0.25) is 0 Å². The molecule has 0 saturated carbocycles. The van der Waals surface area contributed by atoms with Crippen molar-refractivity contribution in [1.29, 1.82) is 0 Å². The first kappa shape index (κ1) is 4.88. The standard InChI is InChI=1S/BH4OP2/c3-1-2-4/h3-4H2. The van der Waals surface area contributed by atoms with E-state index in [1.165, 1.54) is 7.20 Å². The molecule has 4 heteroatoms. The molecule has 0 saturated heterocycles. The van der Waals surface area contributed by atoms with Crippen molar-refractivity contribution in [2.75, 3.05) is 0 Å². The summed E-state index contributed by atoms with van der Waals surface area (Å²) < 4.78 is 4.30. The van der Waals surface area contributed by atoms with Gasteiger partial charge >= 0.3 is 7.20 Å². The zero-order chi connectivity index (χ0) is 3.41. The number of hydrogen-bond donors (Lipinski definition) is 0. The van der Waals surface area contributed by atoms with E-state index in [1.54, 1.807) is 0 Å². The van der Waals surface area contributed by atoms with Crippen molar-refractivity contribution >= 4 is 25.8 Å². The predicted molar refractivity (Wildman–Crippen MR) is 26.3 cm³/mol. The number of hydrogen-bond acceptors (Lipinski definition) is 1. The van der Waals surface area contributed by atoms with E-state index in [0.29, 0.717) is 0 Å². The largest absolute Gasteiger partial charge is 0.419 e. The van der Waals surface area contributed by atoms with Crippen LogP contribution in [0.5, 0.6) is 0 Å². The van der Waals surface area contributed by atoms with Gasteiger partial charge in [0, 0.05) is 0 Å². The molecule has 2 atom stereocenters. The SMILES string of the molecule is P[B]OP. The van der Waals surface area contributed by atoms with Gasteiger partial charge in [0.1, 0.15) is 0 Å². The Bertz CT molecular complexity index is 8.00. The summed E-state index contributed by atoms with van der Waals surface area (Å²) in [5, 5.41) is 0. The smallest absolute Gasteiger partial charge is 0.323 e. The highest BCUT2D eigenvalue weighted by Crippen LogP contribution is 1.83. The van der Waals surface area contributed by atoms with Crippen molar-refractivity contribution in [2.24, 2.45) is 0 Å². The van der Waals surface area contributed by atoms with Gasteiger partial charge in [-0.05, 0) is 9.47 Å². The molecule has 1 nitrogen and oxygen atoms in total. The Kier molecular flexibility index (Phi) is 4.74. The molecule has 0 aromatic carbocycles. The third-order valence-corrected chi connectivity index (χ3v) is 0.707. The Hall–Kier alpha value is 0.885. The van der Waals surface area contributed by atoms with Crippen LogP contribution < -0.4 is 0 Å². The molecule has 23 valence electrons. The van der Waals surface area contributed by atoms with Crippen molar-refractivity contribution in [3.05, 3.63) is 0 Å². The summed E-state index contributed by atoms with van der Waals surface area (Å²) in [6.45, 7) is 0. The molecular formula is H4BOP2. The molecule has 0 heterocycles. The van der Waals surface area contributed by atoms with E-state index < -0.39 is 0 Å². The van der Waals surface area contributed by atoms with Gasteiger partial charge in [0.2, 0.25) is 0 Å². The lowest BCUT2D eigenvalue weighted by Crippen LogP contribution is -1.64. The summed E-state index contributed by atoms with van der Waals surface area (Å²) in [6.07, 6.45) is 0. The monoisotopic (exact) mass is 93.0 g/mol. The first-order valence-electron chi connectivity index (χ1n) is 0.805. The Morgan fingerprint density at radius 2 is 2.00 bits per heavy atom. The Morgan fingerprint density at radius 3 is 2.00 bits per heavy atom. The third-order valence-electron chi connectivity index (χ3n) is 0.0786. The molecular weight excluding hydrogens is 88.8 g/mol. The average molecular weight is 92.8 g/mol. The molecule has 0 fully saturated rings. The van der Waals surface area contributed by atoms with Crippen LogP contribution in [0.4, 0.5) is 0 Å². The van der Waals surface area contributed by atoms with Crippen LogP contribution in [-0.2, 0) is 4.44 Å². The molecule has 0 aromatic heterocycles. The molecule has 4 heavy (non-hydrogen) atoms. The van der Waals surface area contributed by atoms with Crippen LogP contribution in [0.15, 0.2) is 0 Å². The molecule has 2 unspecified atom stereocenters. The summed E-state index contributed by atoms with van der Waals surface area (Å²) >= 11 is 0. The summed E-state index contributed by atoms with van der Waals surface area (Å²) in [7, 11) is 5.87. The van der Waals surface area contributed by atoms with Crippen molar-refractivity contribution in [3.63, 3.8) is 0 Å². The summed E-state index contributed by atoms with van der Waals surface area (Å²) in [5.74, 6) is 0. The van der Waals surface area contributed by atoms with E-state index in [0.717, 1.165) is 0 Å². The lowest BCUT2D eigenvalue weighted by Gasteiger charge is -1.72. The zero-order valence-corrected chi connectivity index (χ0v) is 4.45. The van der Waals surface area contributed by atoms with Crippen molar-refractivity contribution in [1.82, 2.24) is 0 Å². The highest BCUT2D eigenvalue weighted by atomic mass is 31.0. The fourth-order valence-corrected chi connectivity index (χ4v) is 0. The minimum Gasteiger partial charge on any atom is -0.419 e. The third kappa shape index (κ3) is 2.88. The van der Waals surface area contributed by atoms with Crippen LogP contribution in [0, 0.1) is 0 Å². The second kappa shape index (κ2) is 3.88. The van der Waals surface area contributed by atoms with E-state index in [4.69, 9.17) is 0 Å². The first-order chi connectivity index (χ1) is 1.91. The Balaban J connectivity index is 1.97. The summed E-state index contributed by atoms with van der Waals surface area (Å²) in [4.78, 5) is 0. The van der Waals surface area contributed by atoms with Crippen LogP contribution in [-0.4, -0.2) is 7.20 Å². The van der Waals surface area contributed by atoms with E-state index in [2.05, 4.69) is 23.0 Å². The molecule has 0 amide bonds. The van der Waals surface area contributed by atoms with Crippen LogP contribution in [0.3, 0.4) is 0 Å². The van der Waals surface area contributed by atoms with E-state index in [-0.39, 0.29) is 0 Å². The molecule has 0 aromatic rings. The second-order valence-electron chi connectivity index (χ2n) is 0.272. The Morgan fingerprint density at radius 1 is 1.75 bits per heavy atom. The van der Waals surface area contributed by atoms with Crippen LogP contribution in [0.25, 0.3) is 0 Å². The molecule has 0 N–H and O–H groups in total. The van der Waals surface area contributed by atoms with Gasteiger partial charge in [-0.15, -0.1) is 9.12 Å². The molecule has 0 rings (SSSR count). The lowest BCUT2D eigenvalue weighted by molar-refractivity contribution is 0.719. The van der Waals surface area contributed by atoms with Gasteiger partial charge < -0.3 is 4.44 Å². The number of rotatable bonds is 1. The highest BCUT2D eigenvalue weighted by molar-refractivity contribution is 7.55. The van der Waals surface area contributed by atoms with Gasteiger partial charge in [-0.25, -0.2) is 0 Å². The topological polar surface area (TPSA) is 9.23 Å². The van der Waals surface area contributed by atoms with E-state index >= 15 is 0 Å². The quantitative estimate of drug-likeness (QED) is 0.332. The van der Waals surface area contributed by atoms with Gasteiger partial charge in [0.25, 0.3) is 0 Å². The van der Waals surface area contributed by atoms with Crippen LogP contribution in [0.2, 0.25) is 0 Å². The van der Waals surface area contributed by atoms with Crippen LogP contribution in [0.1, 0.15) is 0 Å². The predicted octanol–water partition coefficient (Wildman–Crippen LogP) is 0.202. The average Bonchev–Trinajstić information content (AvgIpc) is 1.37. The summed E-state index contributed by atoms with van der Waals surface area (Å²) in [5.41, 5.74) is 0. The minimum absolute atomic E-state index is 1.50. The summed E-state index contributed by atoms with van der Waals surface area (Å²) in [6, 6.07) is 0. The van der Waals surface area contributed by atoms with Gasteiger partial charge in [-0.2, -0.15) is 0 Å².